The van der Waals surface area contributed by atoms with Crippen molar-refractivity contribution < 1.29 is 4.74 Å². The second-order valence-electron chi connectivity index (χ2n) is 5.31. The lowest BCUT2D eigenvalue weighted by molar-refractivity contribution is -0.0272. The summed E-state index contributed by atoms with van der Waals surface area (Å²) in [6, 6.07) is 10.2. The summed E-state index contributed by atoms with van der Waals surface area (Å²) in [7, 11) is 2.00. The van der Waals surface area contributed by atoms with Crippen LogP contribution in [0.25, 0.3) is 5.69 Å². The van der Waals surface area contributed by atoms with Crippen LogP contribution in [0.3, 0.4) is 0 Å². The molecule has 4 nitrogen and oxygen atoms in total. The zero-order valence-electron chi connectivity index (χ0n) is 11.8. The molecule has 0 bridgehead atoms. The molecule has 1 N–H and O–H groups in total. The van der Waals surface area contributed by atoms with E-state index in [1.165, 1.54) is 12.0 Å². The first kappa shape index (κ1) is 13.3. The molecule has 0 amide bonds. The summed E-state index contributed by atoms with van der Waals surface area (Å²) in [4.78, 5) is 0. The van der Waals surface area contributed by atoms with Crippen LogP contribution >= 0.6 is 0 Å². The first-order chi connectivity index (χ1) is 9.88. The molecule has 1 aliphatic rings. The first-order valence-corrected chi connectivity index (χ1v) is 7.24. The molecule has 1 fully saturated rings. The van der Waals surface area contributed by atoms with Gasteiger partial charge in [0.2, 0.25) is 0 Å². The molecule has 106 valence electrons. The lowest BCUT2D eigenvalue weighted by Crippen LogP contribution is -2.30. The lowest BCUT2D eigenvalue weighted by Gasteiger charge is -2.31. The van der Waals surface area contributed by atoms with Crippen molar-refractivity contribution in [2.24, 2.45) is 5.92 Å². The summed E-state index contributed by atoms with van der Waals surface area (Å²) in [5.74, 6) is 0.530. The number of benzene rings is 1. The van der Waals surface area contributed by atoms with E-state index in [1.54, 1.807) is 0 Å². The van der Waals surface area contributed by atoms with Gasteiger partial charge in [-0.1, -0.05) is 18.2 Å². The summed E-state index contributed by atoms with van der Waals surface area (Å²) in [6.45, 7) is 1.84. The summed E-state index contributed by atoms with van der Waals surface area (Å²) in [5, 5.41) is 7.74. The average molecular weight is 271 g/mol. The molecule has 2 heterocycles. The van der Waals surface area contributed by atoms with Gasteiger partial charge < -0.3 is 10.1 Å². The molecule has 2 aromatic rings. The molecule has 3 rings (SSSR count). The van der Waals surface area contributed by atoms with Gasteiger partial charge in [0.15, 0.2) is 0 Å². The van der Waals surface area contributed by atoms with Crippen LogP contribution in [0.2, 0.25) is 0 Å². The number of rotatable bonds is 4. The quantitative estimate of drug-likeness (QED) is 0.929. The second-order valence-corrected chi connectivity index (χ2v) is 5.31. The number of hydrogen-bond donors (Lipinski definition) is 1. The molecule has 2 atom stereocenters. The Morgan fingerprint density at radius 1 is 1.35 bits per heavy atom. The van der Waals surface area contributed by atoms with E-state index in [2.05, 4.69) is 28.7 Å². The van der Waals surface area contributed by atoms with Crippen LogP contribution < -0.4 is 5.32 Å². The molecular weight excluding hydrogens is 250 g/mol. The van der Waals surface area contributed by atoms with E-state index in [1.807, 2.05) is 36.1 Å². The van der Waals surface area contributed by atoms with Gasteiger partial charge in [-0.25, -0.2) is 4.68 Å². The van der Waals surface area contributed by atoms with Crippen LogP contribution in [0.4, 0.5) is 0 Å². The lowest BCUT2D eigenvalue weighted by atomic mass is 9.91. The van der Waals surface area contributed by atoms with Crippen LogP contribution in [0, 0.1) is 5.92 Å². The maximum Gasteiger partial charge on any atom is 0.0895 e. The highest BCUT2D eigenvalue weighted by Crippen LogP contribution is 2.33. The van der Waals surface area contributed by atoms with Gasteiger partial charge in [0.05, 0.1) is 18.0 Å². The molecule has 1 aromatic carbocycles. The van der Waals surface area contributed by atoms with E-state index in [9.17, 15) is 0 Å². The smallest absolute Gasteiger partial charge is 0.0895 e. The number of nitrogens with zero attached hydrogens (tertiary/aromatic N) is 2. The van der Waals surface area contributed by atoms with Crippen LogP contribution in [0.1, 0.15) is 24.5 Å². The fourth-order valence-corrected chi connectivity index (χ4v) is 2.89. The minimum Gasteiger partial charge on any atom is -0.373 e. The number of hydrogen-bond acceptors (Lipinski definition) is 3. The van der Waals surface area contributed by atoms with Gasteiger partial charge in [0.1, 0.15) is 0 Å². The topological polar surface area (TPSA) is 39.1 Å². The molecule has 20 heavy (non-hydrogen) atoms. The van der Waals surface area contributed by atoms with E-state index in [0.717, 1.165) is 25.3 Å². The van der Waals surface area contributed by atoms with Crippen molar-refractivity contribution >= 4 is 0 Å². The van der Waals surface area contributed by atoms with E-state index >= 15 is 0 Å². The van der Waals surface area contributed by atoms with Gasteiger partial charge in [0.25, 0.3) is 0 Å². The molecule has 0 spiro atoms. The maximum atomic E-state index is 5.99. The fraction of sp³-hybridized carbons (Fsp3) is 0.438. The highest BCUT2D eigenvalue weighted by Gasteiger charge is 2.27. The number of nitrogens with one attached hydrogen (secondary N) is 1. The van der Waals surface area contributed by atoms with E-state index in [-0.39, 0.29) is 6.10 Å². The third-order valence-corrected chi connectivity index (χ3v) is 3.86. The fourth-order valence-electron chi connectivity index (χ4n) is 2.89. The third kappa shape index (κ3) is 2.76. The Bertz CT molecular complexity index is 536. The molecule has 1 aliphatic heterocycles. The van der Waals surface area contributed by atoms with E-state index in [0.29, 0.717) is 5.92 Å². The van der Waals surface area contributed by atoms with Gasteiger partial charge in [0, 0.05) is 30.8 Å². The standard InChI is InChI=1S/C16H21N3O/c1-17-10-13-6-5-9-20-16(13)14-11-18-19(12-14)15-7-3-2-4-8-15/h2-4,7-8,11-13,16-17H,5-6,9-10H2,1H3. The minimum absolute atomic E-state index is 0.161. The SMILES string of the molecule is CNCC1CCCOC1c1cnn(-c2ccccc2)c1. The van der Waals surface area contributed by atoms with Crippen LogP contribution in [0.15, 0.2) is 42.7 Å². The highest BCUT2D eigenvalue weighted by atomic mass is 16.5. The van der Waals surface area contributed by atoms with Crippen molar-refractivity contribution in [2.75, 3.05) is 20.2 Å². The highest BCUT2D eigenvalue weighted by molar-refractivity contribution is 5.31. The number of para-hydroxylation sites is 1. The van der Waals surface area contributed by atoms with Crippen molar-refractivity contribution in [1.29, 1.82) is 0 Å². The van der Waals surface area contributed by atoms with Gasteiger partial charge >= 0.3 is 0 Å². The van der Waals surface area contributed by atoms with Crippen LogP contribution in [-0.4, -0.2) is 30.0 Å². The summed E-state index contributed by atoms with van der Waals surface area (Å²) >= 11 is 0. The monoisotopic (exact) mass is 271 g/mol. The average Bonchev–Trinajstić information content (AvgIpc) is 2.99. The molecule has 0 saturated carbocycles. The molecule has 1 aromatic heterocycles. The van der Waals surface area contributed by atoms with Crippen molar-refractivity contribution in [3.8, 4) is 5.69 Å². The van der Waals surface area contributed by atoms with Crippen molar-refractivity contribution in [1.82, 2.24) is 15.1 Å². The van der Waals surface area contributed by atoms with Crippen molar-refractivity contribution in [3.63, 3.8) is 0 Å². The van der Waals surface area contributed by atoms with Crippen LogP contribution in [0.5, 0.6) is 0 Å². The van der Waals surface area contributed by atoms with Gasteiger partial charge in [-0.2, -0.15) is 5.10 Å². The number of aromatic nitrogens is 2. The van der Waals surface area contributed by atoms with Gasteiger partial charge in [-0.15, -0.1) is 0 Å². The zero-order chi connectivity index (χ0) is 13.8. The predicted molar refractivity (Wildman–Crippen MR) is 78.9 cm³/mol. The maximum absolute atomic E-state index is 5.99. The molecule has 2 unspecified atom stereocenters. The Morgan fingerprint density at radius 2 is 2.20 bits per heavy atom. The predicted octanol–water partition coefficient (Wildman–Crippen LogP) is 2.56. The van der Waals surface area contributed by atoms with Crippen molar-refractivity contribution in [3.05, 3.63) is 48.3 Å². The summed E-state index contributed by atoms with van der Waals surface area (Å²) < 4.78 is 7.91. The van der Waals surface area contributed by atoms with E-state index in [4.69, 9.17) is 4.74 Å². The summed E-state index contributed by atoms with van der Waals surface area (Å²) in [5.41, 5.74) is 2.26. The van der Waals surface area contributed by atoms with Crippen molar-refractivity contribution in [2.45, 2.75) is 18.9 Å². The minimum atomic E-state index is 0.161. The first-order valence-electron chi connectivity index (χ1n) is 7.24. The Hall–Kier alpha value is -1.65. The van der Waals surface area contributed by atoms with Crippen LogP contribution in [-0.2, 0) is 4.74 Å². The summed E-state index contributed by atoms with van der Waals surface area (Å²) in [6.07, 6.45) is 6.55. The number of ether oxygens (including phenoxy) is 1. The Balaban J connectivity index is 1.81. The Labute approximate surface area is 119 Å². The normalized spacial score (nSPS) is 22.9. The molecule has 4 heteroatoms. The Kier molecular flexibility index (Phi) is 4.14. The van der Waals surface area contributed by atoms with Gasteiger partial charge in [-0.05, 0) is 32.0 Å². The van der Waals surface area contributed by atoms with E-state index < -0.39 is 0 Å². The largest absolute Gasteiger partial charge is 0.373 e. The third-order valence-electron chi connectivity index (χ3n) is 3.86. The zero-order valence-corrected chi connectivity index (χ0v) is 11.8. The Morgan fingerprint density at radius 3 is 3.00 bits per heavy atom. The molecular formula is C16H21N3O. The second kappa shape index (κ2) is 6.20. The molecule has 0 radical (unpaired) electrons. The molecule has 1 saturated heterocycles. The van der Waals surface area contributed by atoms with Gasteiger partial charge in [-0.3, -0.25) is 0 Å². The molecule has 0 aliphatic carbocycles.